The van der Waals surface area contributed by atoms with Gasteiger partial charge in [0.05, 0.1) is 36.5 Å². The smallest absolute Gasteiger partial charge is 0.465 e. The van der Waals surface area contributed by atoms with Crippen molar-refractivity contribution in [3.63, 3.8) is 0 Å². The SMILES string of the molecule is COC(=O)c1cncc(B2OC(C)(C)C(C)(C)O2)c1.COC(=O)c1cncc(Br)c1. The van der Waals surface area contributed by atoms with Gasteiger partial charge < -0.3 is 18.8 Å². The Hall–Kier alpha value is -2.30. The molecule has 0 aliphatic carbocycles. The third-order valence-corrected chi connectivity index (χ3v) is 5.27. The molecular weight excluding hydrogens is 455 g/mol. The number of pyridine rings is 2. The van der Waals surface area contributed by atoms with Crippen molar-refractivity contribution in [3.05, 3.63) is 52.5 Å². The van der Waals surface area contributed by atoms with Gasteiger partial charge in [0.15, 0.2) is 0 Å². The third kappa shape index (κ3) is 5.65. The van der Waals surface area contributed by atoms with Gasteiger partial charge in [0.1, 0.15) is 0 Å². The van der Waals surface area contributed by atoms with Crippen LogP contribution in [0.2, 0.25) is 0 Å². The fourth-order valence-corrected chi connectivity index (χ4v) is 2.80. The van der Waals surface area contributed by atoms with E-state index in [1.54, 1.807) is 24.5 Å². The summed E-state index contributed by atoms with van der Waals surface area (Å²) in [5.41, 5.74) is 0.704. The molecule has 0 spiro atoms. The molecule has 0 atom stereocenters. The molecule has 10 heteroatoms. The predicted molar refractivity (Wildman–Crippen MR) is 115 cm³/mol. The number of carbonyl (C=O) groups is 2. The van der Waals surface area contributed by atoms with Gasteiger partial charge in [-0.2, -0.15) is 0 Å². The summed E-state index contributed by atoms with van der Waals surface area (Å²) in [4.78, 5) is 30.2. The van der Waals surface area contributed by atoms with Crippen LogP contribution in [-0.4, -0.2) is 54.4 Å². The number of ether oxygens (including phenoxy) is 2. The van der Waals surface area contributed by atoms with Crippen LogP contribution in [0.1, 0.15) is 48.4 Å². The van der Waals surface area contributed by atoms with Gasteiger partial charge in [-0.05, 0) is 55.8 Å². The first-order valence-corrected chi connectivity index (χ1v) is 9.88. The van der Waals surface area contributed by atoms with Gasteiger partial charge in [0.25, 0.3) is 0 Å². The molecule has 0 aromatic carbocycles. The van der Waals surface area contributed by atoms with Crippen molar-refractivity contribution in [2.45, 2.75) is 38.9 Å². The minimum absolute atomic E-state index is 0.376. The van der Waals surface area contributed by atoms with E-state index < -0.39 is 24.3 Å². The maximum atomic E-state index is 11.5. The Morgan fingerprint density at radius 1 is 0.867 bits per heavy atom. The molecule has 0 radical (unpaired) electrons. The van der Waals surface area contributed by atoms with E-state index in [0.29, 0.717) is 16.6 Å². The number of nitrogens with zero attached hydrogens (tertiary/aromatic N) is 2. The zero-order chi connectivity index (χ0) is 22.5. The Kier molecular flexibility index (Phi) is 7.73. The van der Waals surface area contributed by atoms with Crippen LogP contribution in [0, 0.1) is 0 Å². The monoisotopic (exact) mass is 478 g/mol. The molecule has 30 heavy (non-hydrogen) atoms. The minimum atomic E-state index is -0.526. The van der Waals surface area contributed by atoms with Gasteiger partial charge >= 0.3 is 19.1 Å². The molecule has 0 N–H and O–H groups in total. The Bertz CT molecular complexity index is 906. The summed E-state index contributed by atoms with van der Waals surface area (Å²) < 4.78 is 21.7. The van der Waals surface area contributed by atoms with E-state index in [-0.39, 0.29) is 5.97 Å². The largest absolute Gasteiger partial charge is 0.496 e. The molecule has 1 saturated heterocycles. The zero-order valence-corrected chi connectivity index (χ0v) is 19.3. The fraction of sp³-hybridized carbons (Fsp3) is 0.400. The van der Waals surface area contributed by atoms with Crippen molar-refractivity contribution in [1.82, 2.24) is 9.97 Å². The van der Waals surface area contributed by atoms with Crippen molar-refractivity contribution in [2.75, 3.05) is 14.2 Å². The molecule has 2 aromatic heterocycles. The normalized spacial score (nSPS) is 16.3. The highest BCUT2D eigenvalue weighted by molar-refractivity contribution is 9.10. The molecule has 0 saturated carbocycles. The first kappa shape index (κ1) is 24.0. The molecule has 0 unspecified atom stereocenters. The van der Waals surface area contributed by atoms with E-state index in [2.05, 4.69) is 35.4 Å². The molecular formula is C20H24BBrN2O6. The number of carbonyl (C=O) groups excluding carboxylic acids is 2. The molecule has 1 fully saturated rings. The summed E-state index contributed by atoms with van der Waals surface area (Å²) in [6.45, 7) is 7.91. The lowest BCUT2D eigenvalue weighted by Crippen LogP contribution is -2.41. The van der Waals surface area contributed by atoms with Gasteiger partial charge in [-0.15, -0.1) is 0 Å². The summed E-state index contributed by atoms with van der Waals surface area (Å²) in [6.07, 6.45) is 6.15. The summed E-state index contributed by atoms with van der Waals surface area (Å²) in [6, 6.07) is 3.33. The molecule has 1 aliphatic rings. The Balaban J connectivity index is 0.000000248. The summed E-state index contributed by atoms with van der Waals surface area (Å²) >= 11 is 3.19. The highest BCUT2D eigenvalue weighted by atomic mass is 79.9. The fourth-order valence-electron chi connectivity index (χ4n) is 2.44. The van der Waals surface area contributed by atoms with Crippen LogP contribution in [0.15, 0.2) is 41.4 Å². The highest BCUT2D eigenvalue weighted by Gasteiger charge is 2.51. The molecule has 2 aromatic rings. The second-order valence-corrected chi connectivity index (χ2v) is 8.39. The minimum Gasteiger partial charge on any atom is -0.465 e. The zero-order valence-electron chi connectivity index (χ0n) is 17.8. The van der Waals surface area contributed by atoms with E-state index in [0.717, 1.165) is 4.47 Å². The second kappa shape index (κ2) is 9.68. The Morgan fingerprint density at radius 3 is 1.80 bits per heavy atom. The number of hydrogen-bond acceptors (Lipinski definition) is 8. The molecule has 160 valence electrons. The average molecular weight is 479 g/mol. The van der Waals surface area contributed by atoms with Crippen LogP contribution in [0.3, 0.4) is 0 Å². The highest BCUT2D eigenvalue weighted by Crippen LogP contribution is 2.36. The summed E-state index contributed by atoms with van der Waals surface area (Å²) in [5, 5.41) is 0. The van der Waals surface area contributed by atoms with Crippen LogP contribution < -0.4 is 5.46 Å². The van der Waals surface area contributed by atoms with Crippen LogP contribution in [0.25, 0.3) is 0 Å². The Labute approximate surface area is 184 Å². The topological polar surface area (TPSA) is 96.8 Å². The van der Waals surface area contributed by atoms with Gasteiger partial charge in [0, 0.05) is 34.7 Å². The van der Waals surface area contributed by atoms with E-state index >= 15 is 0 Å². The van der Waals surface area contributed by atoms with Gasteiger partial charge in [-0.25, -0.2) is 9.59 Å². The number of aromatic nitrogens is 2. The first-order valence-electron chi connectivity index (χ1n) is 9.08. The third-order valence-electron chi connectivity index (χ3n) is 4.83. The molecule has 3 rings (SSSR count). The lowest BCUT2D eigenvalue weighted by Gasteiger charge is -2.32. The van der Waals surface area contributed by atoms with E-state index in [4.69, 9.17) is 9.31 Å². The molecule has 0 bridgehead atoms. The average Bonchev–Trinajstić information content (AvgIpc) is 2.94. The van der Waals surface area contributed by atoms with Crippen LogP contribution in [0.4, 0.5) is 0 Å². The quantitative estimate of drug-likeness (QED) is 0.490. The van der Waals surface area contributed by atoms with Crippen molar-refractivity contribution in [1.29, 1.82) is 0 Å². The van der Waals surface area contributed by atoms with Gasteiger partial charge in [-0.3, -0.25) is 9.97 Å². The number of methoxy groups -OCH3 is 2. The molecule has 1 aliphatic heterocycles. The predicted octanol–water partition coefficient (Wildman–Crippen LogP) is 2.80. The Morgan fingerprint density at radius 2 is 1.33 bits per heavy atom. The van der Waals surface area contributed by atoms with Crippen molar-refractivity contribution in [2.24, 2.45) is 0 Å². The van der Waals surface area contributed by atoms with E-state index in [1.165, 1.54) is 26.6 Å². The number of hydrogen-bond donors (Lipinski definition) is 0. The van der Waals surface area contributed by atoms with Crippen molar-refractivity contribution < 1.29 is 28.4 Å². The lowest BCUT2D eigenvalue weighted by molar-refractivity contribution is 0.00578. The van der Waals surface area contributed by atoms with Crippen molar-refractivity contribution in [3.8, 4) is 0 Å². The maximum Gasteiger partial charge on any atom is 0.496 e. The van der Waals surface area contributed by atoms with Crippen molar-refractivity contribution >= 4 is 40.4 Å². The van der Waals surface area contributed by atoms with Gasteiger partial charge in [-0.1, -0.05) is 0 Å². The van der Waals surface area contributed by atoms with E-state index in [9.17, 15) is 9.59 Å². The summed E-state index contributed by atoms with van der Waals surface area (Å²) in [7, 11) is 2.15. The maximum absolute atomic E-state index is 11.5. The van der Waals surface area contributed by atoms with Crippen LogP contribution in [-0.2, 0) is 18.8 Å². The molecule has 3 heterocycles. The lowest BCUT2D eigenvalue weighted by atomic mass is 9.80. The van der Waals surface area contributed by atoms with Gasteiger partial charge in [0.2, 0.25) is 0 Å². The number of halogens is 1. The van der Waals surface area contributed by atoms with E-state index in [1.807, 2.05) is 27.7 Å². The summed E-state index contributed by atoms with van der Waals surface area (Å²) in [5.74, 6) is -0.801. The number of esters is 2. The second-order valence-electron chi connectivity index (χ2n) is 7.47. The number of rotatable bonds is 3. The van der Waals surface area contributed by atoms with Crippen LogP contribution >= 0.6 is 15.9 Å². The van der Waals surface area contributed by atoms with Crippen LogP contribution in [0.5, 0.6) is 0 Å². The first-order chi connectivity index (χ1) is 14.0. The molecule has 0 amide bonds. The standard InChI is InChI=1S/C13H18BNO4.C7H6BrNO2/c1-12(2)13(3,4)19-14(18-12)10-6-9(7-15-8-10)11(16)17-5;1-11-7(10)5-2-6(8)4-9-3-5/h6-8H,1-5H3;2-4H,1H3. The molecule has 8 nitrogen and oxygen atoms in total.